The smallest absolute Gasteiger partial charge is 0.224 e. The first-order valence-corrected chi connectivity index (χ1v) is 9.38. The Morgan fingerprint density at radius 2 is 2.16 bits per heavy atom. The van der Waals surface area contributed by atoms with Gasteiger partial charge in [0, 0.05) is 35.8 Å². The zero-order chi connectivity index (χ0) is 18.2. The maximum atomic E-state index is 12.4. The van der Waals surface area contributed by atoms with Gasteiger partial charge in [0.2, 0.25) is 5.91 Å². The molecule has 0 aliphatic carbocycles. The summed E-state index contributed by atoms with van der Waals surface area (Å²) in [6.07, 6.45) is 5.75. The van der Waals surface area contributed by atoms with E-state index in [9.17, 15) is 4.79 Å². The Balaban J connectivity index is 1.88. The molecule has 1 N–H and O–H groups in total. The summed E-state index contributed by atoms with van der Waals surface area (Å²) in [5.74, 6) is 0.0388. The van der Waals surface area contributed by atoms with E-state index in [2.05, 4.69) is 30.1 Å². The minimum Gasteiger partial charge on any atom is -0.326 e. The minimum atomic E-state index is 0.0388. The highest BCUT2D eigenvalue weighted by molar-refractivity contribution is 6.32. The molecule has 1 aliphatic rings. The van der Waals surface area contributed by atoms with Gasteiger partial charge in [-0.2, -0.15) is 5.26 Å². The highest BCUT2D eigenvalue weighted by atomic mass is 35.5. The Morgan fingerprint density at radius 1 is 1.36 bits per heavy atom. The van der Waals surface area contributed by atoms with Gasteiger partial charge in [-0.05, 0) is 49.4 Å². The fourth-order valence-electron chi connectivity index (χ4n) is 3.15. The van der Waals surface area contributed by atoms with E-state index in [1.165, 1.54) is 0 Å². The molecule has 0 atom stereocenters. The average molecular weight is 360 g/mol. The molecule has 0 unspecified atom stereocenters. The number of anilines is 1. The maximum Gasteiger partial charge on any atom is 0.224 e. The molecule has 2 rings (SSSR count). The molecule has 1 amide bonds. The summed E-state index contributed by atoms with van der Waals surface area (Å²) in [6, 6.07) is 6.11. The van der Waals surface area contributed by atoms with Gasteiger partial charge in [-0.1, -0.05) is 37.6 Å². The van der Waals surface area contributed by atoms with E-state index in [0.29, 0.717) is 11.4 Å². The van der Waals surface area contributed by atoms with E-state index in [1.807, 2.05) is 18.2 Å². The van der Waals surface area contributed by atoms with Crippen molar-refractivity contribution in [3.05, 3.63) is 39.9 Å². The van der Waals surface area contributed by atoms with Crippen LogP contribution in [0.5, 0.6) is 0 Å². The number of amides is 1. The van der Waals surface area contributed by atoms with Gasteiger partial charge in [0.1, 0.15) is 0 Å². The number of aryl methyl sites for hydroxylation is 1. The molecule has 1 aliphatic heterocycles. The highest BCUT2D eigenvalue weighted by Crippen LogP contribution is 2.29. The molecule has 4 nitrogen and oxygen atoms in total. The first-order valence-electron chi connectivity index (χ1n) is 9.00. The molecule has 0 saturated heterocycles. The minimum absolute atomic E-state index is 0.0388. The molecule has 0 fully saturated rings. The number of halogens is 1. The number of carbonyl (C=O) groups excluding carboxylic acids is 1. The third-order valence-corrected chi connectivity index (χ3v) is 5.01. The molecule has 0 bridgehead atoms. The third kappa shape index (κ3) is 5.32. The predicted octanol–water partition coefficient (Wildman–Crippen LogP) is 4.34. The van der Waals surface area contributed by atoms with Crippen LogP contribution in [0.15, 0.2) is 23.8 Å². The van der Waals surface area contributed by atoms with Crippen molar-refractivity contribution in [1.82, 2.24) is 4.90 Å². The van der Waals surface area contributed by atoms with Gasteiger partial charge in [0.25, 0.3) is 0 Å². The van der Waals surface area contributed by atoms with E-state index in [0.717, 1.165) is 67.7 Å². The van der Waals surface area contributed by atoms with Crippen molar-refractivity contribution < 1.29 is 4.79 Å². The largest absolute Gasteiger partial charge is 0.326 e. The Bertz CT molecular complexity index is 691. The molecule has 0 aromatic heterocycles. The second-order valence-electron chi connectivity index (χ2n) is 6.31. The summed E-state index contributed by atoms with van der Waals surface area (Å²) < 4.78 is 0. The maximum absolute atomic E-state index is 12.4. The van der Waals surface area contributed by atoms with Gasteiger partial charge in [-0.25, -0.2) is 0 Å². The van der Waals surface area contributed by atoms with Crippen molar-refractivity contribution in [3.8, 4) is 6.07 Å². The number of benzene rings is 1. The Labute approximate surface area is 155 Å². The zero-order valence-electron chi connectivity index (χ0n) is 15.1. The molecule has 0 spiro atoms. The summed E-state index contributed by atoms with van der Waals surface area (Å²) in [5.41, 5.74) is 3.90. The van der Waals surface area contributed by atoms with E-state index in [1.54, 1.807) is 0 Å². The Morgan fingerprint density at radius 3 is 2.76 bits per heavy atom. The fraction of sp³-hybridized carbons (Fsp3) is 0.500. The summed E-state index contributed by atoms with van der Waals surface area (Å²) in [5, 5.41) is 12.7. The van der Waals surface area contributed by atoms with Gasteiger partial charge in [0.15, 0.2) is 0 Å². The monoisotopic (exact) mass is 359 g/mol. The molecular weight excluding hydrogens is 334 g/mol. The van der Waals surface area contributed by atoms with Crippen LogP contribution in [0.4, 0.5) is 5.69 Å². The van der Waals surface area contributed by atoms with Crippen molar-refractivity contribution in [2.45, 2.75) is 46.0 Å². The van der Waals surface area contributed by atoms with Gasteiger partial charge in [0.05, 0.1) is 6.07 Å². The number of hydrogen-bond acceptors (Lipinski definition) is 3. The Hall–Kier alpha value is -1.83. The lowest BCUT2D eigenvalue weighted by Crippen LogP contribution is -2.30. The van der Waals surface area contributed by atoms with Gasteiger partial charge < -0.3 is 5.32 Å². The summed E-state index contributed by atoms with van der Waals surface area (Å²) in [7, 11) is 0. The van der Waals surface area contributed by atoms with Gasteiger partial charge in [-0.15, -0.1) is 0 Å². The lowest BCUT2D eigenvalue weighted by Gasteiger charge is -2.24. The number of nitriles is 1. The topological polar surface area (TPSA) is 56.1 Å². The van der Waals surface area contributed by atoms with E-state index in [4.69, 9.17) is 16.9 Å². The third-order valence-electron chi connectivity index (χ3n) is 4.66. The van der Waals surface area contributed by atoms with E-state index >= 15 is 0 Å². The van der Waals surface area contributed by atoms with Crippen LogP contribution < -0.4 is 5.32 Å². The van der Waals surface area contributed by atoms with Crippen molar-refractivity contribution in [2.24, 2.45) is 0 Å². The van der Waals surface area contributed by atoms with Crippen LogP contribution in [0.3, 0.4) is 0 Å². The SMILES string of the molecule is CCc1ccc(Cl)c(CC)c1NC(=O)CCCN1CC=C(C#N)CC1. The predicted molar refractivity (Wildman–Crippen MR) is 103 cm³/mol. The van der Waals surface area contributed by atoms with E-state index < -0.39 is 0 Å². The molecular formula is C20H26ClN3O. The fourth-order valence-corrected chi connectivity index (χ4v) is 3.44. The number of hydrogen-bond donors (Lipinski definition) is 1. The van der Waals surface area contributed by atoms with Crippen molar-refractivity contribution in [2.75, 3.05) is 25.0 Å². The normalized spacial score (nSPS) is 14.7. The summed E-state index contributed by atoms with van der Waals surface area (Å²) in [6.45, 7) is 6.71. The first kappa shape index (κ1) is 19.5. The number of rotatable bonds is 7. The lowest BCUT2D eigenvalue weighted by molar-refractivity contribution is -0.116. The first-order chi connectivity index (χ1) is 12.1. The Kier molecular flexibility index (Phi) is 7.49. The van der Waals surface area contributed by atoms with Crippen LogP contribution in [0.1, 0.15) is 44.2 Å². The average Bonchev–Trinajstić information content (AvgIpc) is 2.63. The van der Waals surface area contributed by atoms with Crippen LogP contribution in [0.2, 0.25) is 5.02 Å². The molecule has 1 aromatic carbocycles. The van der Waals surface area contributed by atoms with Crippen molar-refractivity contribution in [3.63, 3.8) is 0 Å². The lowest BCUT2D eigenvalue weighted by atomic mass is 10.0. The molecule has 134 valence electrons. The molecule has 5 heteroatoms. The zero-order valence-corrected chi connectivity index (χ0v) is 15.8. The quantitative estimate of drug-likeness (QED) is 0.787. The van der Waals surface area contributed by atoms with Crippen LogP contribution >= 0.6 is 11.6 Å². The van der Waals surface area contributed by atoms with Crippen LogP contribution in [0, 0.1) is 11.3 Å². The molecule has 1 heterocycles. The van der Waals surface area contributed by atoms with E-state index in [-0.39, 0.29) is 5.91 Å². The van der Waals surface area contributed by atoms with Crippen molar-refractivity contribution in [1.29, 1.82) is 5.26 Å². The number of nitrogens with zero attached hydrogens (tertiary/aromatic N) is 2. The number of nitrogens with one attached hydrogen (secondary N) is 1. The van der Waals surface area contributed by atoms with Gasteiger partial charge >= 0.3 is 0 Å². The second-order valence-corrected chi connectivity index (χ2v) is 6.72. The highest BCUT2D eigenvalue weighted by Gasteiger charge is 2.14. The number of carbonyl (C=O) groups is 1. The summed E-state index contributed by atoms with van der Waals surface area (Å²) >= 11 is 6.29. The van der Waals surface area contributed by atoms with Crippen molar-refractivity contribution >= 4 is 23.2 Å². The molecule has 25 heavy (non-hydrogen) atoms. The summed E-state index contributed by atoms with van der Waals surface area (Å²) in [4.78, 5) is 14.7. The molecule has 0 saturated carbocycles. The van der Waals surface area contributed by atoms with Gasteiger partial charge in [-0.3, -0.25) is 9.69 Å². The van der Waals surface area contributed by atoms with Crippen LogP contribution in [0.25, 0.3) is 0 Å². The second kappa shape index (κ2) is 9.60. The molecule has 0 radical (unpaired) electrons. The standard InChI is InChI=1S/C20H26ClN3O/c1-3-16-7-8-18(21)17(4-2)20(16)23-19(25)6-5-11-24-12-9-15(14-22)10-13-24/h7-9H,3-6,10-13H2,1-2H3,(H,23,25). The van der Waals surface area contributed by atoms with Crippen LogP contribution in [-0.4, -0.2) is 30.4 Å². The molecule has 1 aromatic rings. The van der Waals surface area contributed by atoms with Crippen LogP contribution in [-0.2, 0) is 17.6 Å².